The average molecular weight is 495 g/mol. The molecule has 2 aliphatic rings. The van der Waals surface area contributed by atoms with E-state index < -0.39 is 10.0 Å². The van der Waals surface area contributed by atoms with E-state index in [4.69, 9.17) is 16.3 Å². The lowest BCUT2D eigenvalue weighted by Crippen LogP contribution is -2.44. The number of carbonyl (C=O) groups excluding carboxylic acids is 1. The van der Waals surface area contributed by atoms with Crippen LogP contribution in [0.3, 0.4) is 0 Å². The minimum absolute atomic E-state index is 0.0435. The van der Waals surface area contributed by atoms with Crippen LogP contribution >= 0.6 is 11.6 Å². The standard InChI is InChI=1S/C24H28ClFN2O4S/c25-21-9-4-18(16-22(21)33(30,31)28-12-2-1-3-13-28)23(29)27-17-24(10-14-32-15-11-24)19-5-7-20(26)8-6-19/h4-9,16H,1-3,10-15,17H2,(H,27,29). The number of amides is 1. The summed E-state index contributed by atoms with van der Waals surface area (Å²) in [6.45, 7) is 2.34. The van der Waals surface area contributed by atoms with Gasteiger partial charge in [0.1, 0.15) is 10.7 Å². The van der Waals surface area contributed by atoms with Crippen molar-refractivity contribution in [1.29, 1.82) is 0 Å². The number of nitrogens with zero attached hydrogens (tertiary/aromatic N) is 1. The van der Waals surface area contributed by atoms with Gasteiger partial charge in [-0.2, -0.15) is 4.31 Å². The molecule has 0 unspecified atom stereocenters. The smallest absolute Gasteiger partial charge is 0.251 e. The van der Waals surface area contributed by atoms with Crippen molar-refractivity contribution in [3.63, 3.8) is 0 Å². The number of carbonyl (C=O) groups is 1. The predicted molar refractivity (Wildman–Crippen MR) is 125 cm³/mol. The van der Waals surface area contributed by atoms with Gasteiger partial charge in [-0.3, -0.25) is 4.79 Å². The number of sulfonamides is 1. The van der Waals surface area contributed by atoms with Crippen molar-refractivity contribution in [3.05, 3.63) is 64.4 Å². The van der Waals surface area contributed by atoms with Crippen molar-refractivity contribution in [3.8, 4) is 0 Å². The third-order valence-corrected chi connectivity index (χ3v) is 9.00. The van der Waals surface area contributed by atoms with E-state index >= 15 is 0 Å². The van der Waals surface area contributed by atoms with Crippen molar-refractivity contribution in [1.82, 2.24) is 9.62 Å². The molecule has 0 radical (unpaired) electrons. The first-order valence-electron chi connectivity index (χ1n) is 11.2. The molecule has 2 aromatic rings. The second kappa shape index (κ2) is 10.1. The quantitative estimate of drug-likeness (QED) is 0.655. The first-order valence-corrected chi connectivity index (χ1v) is 13.1. The average Bonchev–Trinajstić information content (AvgIpc) is 2.84. The van der Waals surface area contributed by atoms with Crippen molar-refractivity contribution in [2.24, 2.45) is 0 Å². The fourth-order valence-electron chi connectivity index (χ4n) is 4.57. The summed E-state index contributed by atoms with van der Waals surface area (Å²) in [7, 11) is -3.77. The Morgan fingerprint density at radius 1 is 1.06 bits per heavy atom. The van der Waals surface area contributed by atoms with Gasteiger partial charge < -0.3 is 10.1 Å². The number of ether oxygens (including phenoxy) is 1. The molecule has 0 aromatic heterocycles. The molecular weight excluding hydrogens is 467 g/mol. The molecule has 0 atom stereocenters. The number of halogens is 2. The van der Waals surface area contributed by atoms with Gasteiger partial charge in [0.15, 0.2) is 0 Å². The van der Waals surface area contributed by atoms with Crippen LogP contribution in [0.25, 0.3) is 0 Å². The van der Waals surface area contributed by atoms with Crippen LogP contribution in [0.4, 0.5) is 4.39 Å². The topological polar surface area (TPSA) is 75.7 Å². The van der Waals surface area contributed by atoms with Crippen LogP contribution in [0.1, 0.15) is 48.0 Å². The predicted octanol–water partition coefficient (Wildman–Crippen LogP) is 4.13. The zero-order valence-electron chi connectivity index (χ0n) is 18.4. The summed E-state index contributed by atoms with van der Waals surface area (Å²) < 4.78 is 46.6. The number of benzene rings is 2. The minimum Gasteiger partial charge on any atom is -0.381 e. The van der Waals surface area contributed by atoms with Crippen LogP contribution in [-0.2, 0) is 20.2 Å². The van der Waals surface area contributed by atoms with Gasteiger partial charge >= 0.3 is 0 Å². The lowest BCUT2D eigenvalue weighted by Gasteiger charge is -2.38. The molecule has 0 saturated carbocycles. The van der Waals surface area contributed by atoms with Crippen molar-refractivity contribution in [2.45, 2.75) is 42.4 Å². The van der Waals surface area contributed by atoms with Crippen LogP contribution in [0.2, 0.25) is 5.02 Å². The highest BCUT2D eigenvalue weighted by Crippen LogP contribution is 2.35. The van der Waals surface area contributed by atoms with Crippen LogP contribution in [-0.4, -0.2) is 51.5 Å². The highest BCUT2D eigenvalue weighted by Gasteiger charge is 2.35. The molecule has 33 heavy (non-hydrogen) atoms. The summed E-state index contributed by atoms with van der Waals surface area (Å²) in [4.78, 5) is 13.0. The van der Waals surface area contributed by atoms with Gasteiger partial charge in [0.2, 0.25) is 10.0 Å². The zero-order chi connectivity index (χ0) is 23.5. The van der Waals surface area contributed by atoms with Gasteiger partial charge in [0, 0.05) is 43.8 Å². The normalized spacial score (nSPS) is 19.2. The largest absolute Gasteiger partial charge is 0.381 e. The van der Waals surface area contributed by atoms with E-state index in [2.05, 4.69) is 5.32 Å². The first kappa shape index (κ1) is 24.1. The molecule has 2 saturated heterocycles. The fraction of sp³-hybridized carbons (Fsp3) is 0.458. The van der Waals surface area contributed by atoms with Gasteiger partial charge in [0.05, 0.1) is 5.02 Å². The van der Waals surface area contributed by atoms with E-state index in [1.165, 1.54) is 34.6 Å². The zero-order valence-corrected chi connectivity index (χ0v) is 19.9. The van der Waals surface area contributed by atoms with E-state index in [-0.39, 0.29) is 32.6 Å². The molecule has 0 bridgehead atoms. The number of rotatable bonds is 6. The molecule has 178 valence electrons. The Morgan fingerprint density at radius 3 is 2.39 bits per heavy atom. The minimum atomic E-state index is -3.77. The SMILES string of the molecule is O=C(NCC1(c2ccc(F)cc2)CCOCC1)c1ccc(Cl)c(S(=O)(=O)N2CCCCC2)c1. The molecular formula is C24H28ClFN2O4S. The van der Waals surface area contributed by atoms with Gasteiger partial charge in [-0.05, 0) is 61.6 Å². The summed E-state index contributed by atoms with van der Waals surface area (Å²) in [5.41, 5.74) is 0.796. The van der Waals surface area contributed by atoms with E-state index in [0.29, 0.717) is 45.7 Å². The number of hydrogen-bond donors (Lipinski definition) is 1. The third kappa shape index (κ3) is 5.24. The maximum Gasteiger partial charge on any atom is 0.251 e. The molecule has 9 heteroatoms. The Morgan fingerprint density at radius 2 is 1.73 bits per heavy atom. The highest BCUT2D eigenvalue weighted by molar-refractivity contribution is 7.89. The molecule has 0 spiro atoms. The van der Waals surface area contributed by atoms with Crippen LogP contribution in [0, 0.1) is 5.82 Å². The maximum atomic E-state index is 13.5. The molecule has 2 aliphatic heterocycles. The van der Waals surface area contributed by atoms with Gasteiger partial charge in [-0.25, -0.2) is 12.8 Å². The Bertz CT molecular complexity index is 1100. The second-order valence-corrected chi connectivity index (χ2v) is 11.0. The lowest BCUT2D eigenvalue weighted by atomic mass is 9.74. The molecule has 0 aliphatic carbocycles. The highest BCUT2D eigenvalue weighted by atomic mass is 35.5. The monoisotopic (exact) mass is 494 g/mol. The molecule has 6 nitrogen and oxygen atoms in total. The molecule has 1 amide bonds. The van der Waals surface area contributed by atoms with E-state index in [9.17, 15) is 17.6 Å². The maximum absolute atomic E-state index is 13.5. The Balaban J connectivity index is 1.54. The van der Waals surface area contributed by atoms with Crippen molar-refractivity contribution >= 4 is 27.5 Å². The van der Waals surface area contributed by atoms with Crippen LogP contribution in [0.15, 0.2) is 47.4 Å². The Labute approximate surface area is 199 Å². The summed E-state index contributed by atoms with van der Waals surface area (Å²) in [5, 5.41) is 3.06. The van der Waals surface area contributed by atoms with Crippen molar-refractivity contribution < 1.29 is 22.3 Å². The number of nitrogens with one attached hydrogen (secondary N) is 1. The number of hydrogen-bond acceptors (Lipinski definition) is 4. The summed E-state index contributed by atoms with van der Waals surface area (Å²) in [6, 6.07) is 10.7. The first-order chi connectivity index (χ1) is 15.8. The summed E-state index contributed by atoms with van der Waals surface area (Å²) in [6.07, 6.45) is 4.00. The lowest BCUT2D eigenvalue weighted by molar-refractivity contribution is 0.0487. The van der Waals surface area contributed by atoms with Crippen molar-refractivity contribution in [2.75, 3.05) is 32.8 Å². The Hall–Kier alpha value is -2.00. The molecule has 2 fully saturated rings. The molecule has 2 heterocycles. The van der Waals surface area contributed by atoms with E-state index in [0.717, 1.165) is 24.8 Å². The summed E-state index contributed by atoms with van der Waals surface area (Å²) >= 11 is 6.24. The third-order valence-electron chi connectivity index (χ3n) is 6.62. The van der Waals surface area contributed by atoms with Crippen LogP contribution < -0.4 is 5.32 Å². The van der Waals surface area contributed by atoms with Gasteiger partial charge in [-0.1, -0.05) is 30.2 Å². The second-order valence-electron chi connectivity index (χ2n) is 8.69. The van der Waals surface area contributed by atoms with Gasteiger partial charge in [-0.15, -0.1) is 0 Å². The van der Waals surface area contributed by atoms with Gasteiger partial charge in [0.25, 0.3) is 5.91 Å². The Kier molecular flexibility index (Phi) is 7.38. The fourth-order valence-corrected chi connectivity index (χ4v) is 6.59. The van der Waals surface area contributed by atoms with Crippen LogP contribution in [0.5, 0.6) is 0 Å². The van der Waals surface area contributed by atoms with E-state index in [1.54, 1.807) is 12.1 Å². The number of piperidine rings is 1. The molecule has 1 N–H and O–H groups in total. The summed E-state index contributed by atoms with van der Waals surface area (Å²) in [5.74, 6) is -0.691. The van der Waals surface area contributed by atoms with E-state index in [1.807, 2.05) is 0 Å². The molecule has 2 aromatic carbocycles. The molecule has 4 rings (SSSR count).